The van der Waals surface area contributed by atoms with E-state index < -0.39 is 5.82 Å². The van der Waals surface area contributed by atoms with Crippen LogP contribution in [0.25, 0.3) is 0 Å². The van der Waals surface area contributed by atoms with Crippen molar-refractivity contribution in [1.82, 2.24) is 14.8 Å². The molecule has 0 saturated carbocycles. The van der Waals surface area contributed by atoms with E-state index in [2.05, 4.69) is 15.4 Å². The predicted octanol–water partition coefficient (Wildman–Crippen LogP) is 5.15. The van der Waals surface area contributed by atoms with Gasteiger partial charge in [-0.1, -0.05) is 17.7 Å². The number of thiophene rings is 1. The minimum atomic E-state index is -0.418. The third kappa shape index (κ3) is 5.44. The van der Waals surface area contributed by atoms with E-state index in [0.29, 0.717) is 16.2 Å². The van der Waals surface area contributed by atoms with Gasteiger partial charge in [0.2, 0.25) is 5.95 Å². The SMILES string of the molecule is O=C(Nc1ncn(Cc2ccc(F)cc2Cl)n1)c1cc(COc2ccc(F)cc2)cs1. The first-order chi connectivity index (χ1) is 15.0. The van der Waals surface area contributed by atoms with Gasteiger partial charge in [0, 0.05) is 10.6 Å². The third-order valence-corrected chi connectivity index (χ3v) is 5.54. The molecule has 0 bridgehead atoms. The number of hydrogen-bond donors (Lipinski definition) is 1. The Kier molecular flexibility index (Phi) is 6.24. The van der Waals surface area contributed by atoms with Crippen molar-refractivity contribution in [3.8, 4) is 5.75 Å². The van der Waals surface area contributed by atoms with Crippen LogP contribution in [-0.2, 0) is 13.2 Å². The summed E-state index contributed by atoms with van der Waals surface area (Å²) < 4.78 is 33.2. The summed E-state index contributed by atoms with van der Waals surface area (Å²) in [6, 6.07) is 11.5. The molecule has 31 heavy (non-hydrogen) atoms. The largest absolute Gasteiger partial charge is 0.489 e. The van der Waals surface area contributed by atoms with Gasteiger partial charge in [-0.15, -0.1) is 16.4 Å². The molecule has 158 valence electrons. The maximum atomic E-state index is 13.2. The van der Waals surface area contributed by atoms with Crippen LogP contribution in [0.5, 0.6) is 5.75 Å². The Balaban J connectivity index is 1.34. The van der Waals surface area contributed by atoms with Crippen LogP contribution in [-0.4, -0.2) is 20.7 Å². The molecular formula is C21H15ClF2N4O2S. The molecule has 0 unspecified atom stereocenters. The van der Waals surface area contributed by atoms with E-state index in [0.717, 1.165) is 5.56 Å². The van der Waals surface area contributed by atoms with Crippen molar-refractivity contribution >= 4 is 34.8 Å². The summed E-state index contributed by atoms with van der Waals surface area (Å²) in [4.78, 5) is 17.0. The molecule has 0 radical (unpaired) electrons. The predicted molar refractivity (Wildman–Crippen MR) is 114 cm³/mol. The van der Waals surface area contributed by atoms with E-state index >= 15 is 0 Å². The molecule has 4 aromatic rings. The van der Waals surface area contributed by atoms with Gasteiger partial charge in [0.1, 0.15) is 30.3 Å². The lowest BCUT2D eigenvalue weighted by Crippen LogP contribution is -2.12. The van der Waals surface area contributed by atoms with Gasteiger partial charge in [0.05, 0.1) is 11.4 Å². The minimum absolute atomic E-state index is 0.140. The number of carbonyl (C=O) groups excluding carboxylic acids is 1. The number of ether oxygens (including phenoxy) is 1. The quantitative estimate of drug-likeness (QED) is 0.414. The lowest BCUT2D eigenvalue weighted by Gasteiger charge is -2.04. The molecule has 1 amide bonds. The van der Waals surface area contributed by atoms with Crippen LogP contribution in [0.15, 0.2) is 60.2 Å². The smallest absolute Gasteiger partial charge is 0.268 e. The van der Waals surface area contributed by atoms with E-state index in [4.69, 9.17) is 16.3 Å². The van der Waals surface area contributed by atoms with Gasteiger partial charge >= 0.3 is 0 Å². The number of nitrogens with one attached hydrogen (secondary N) is 1. The second kappa shape index (κ2) is 9.23. The summed E-state index contributed by atoms with van der Waals surface area (Å²) >= 11 is 7.29. The summed E-state index contributed by atoms with van der Waals surface area (Å²) in [5.41, 5.74) is 1.49. The number of aromatic nitrogens is 3. The average molecular weight is 461 g/mol. The van der Waals surface area contributed by atoms with Crippen molar-refractivity contribution in [1.29, 1.82) is 0 Å². The van der Waals surface area contributed by atoms with Gasteiger partial charge in [-0.3, -0.25) is 10.1 Å². The second-order valence-electron chi connectivity index (χ2n) is 6.52. The van der Waals surface area contributed by atoms with E-state index in [1.165, 1.54) is 58.7 Å². The summed E-state index contributed by atoms with van der Waals surface area (Å²) in [7, 11) is 0. The Labute approximate surface area is 185 Å². The molecule has 0 aliphatic heterocycles. The van der Waals surface area contributed by atoms with E-state index in [1.807, 2.05) is 0 Å². The molecule has 0 saturated heterocycles. The fraction of sp³-hybridized carbons (Fsp3) is 0.0952. The highest BCUT2D eigenvalue weighted by Crippen LogP contribution is 2.20. The van der Waals surface area contributed by atoms with E-state index in [9.17, 15) is 13.6 Å². The van der Waals surface area contributed by atoms with Gasteiger partial charge in [-0.2, -0.15) is 0 Å². The Bertz CT molecular complexity index is 1210. The lowest BCUT2D eigenvalue weighted by atomic mass is 10.2. The number of amides is 1. The summed E-state index contributed by atoms with van der Waals surface area (Å²) in [5, 5.41) is 8.92. The normalized spacial score (nSPS) is 10.8. The Hall–Kier alpha value is -3.30. The number of hydrogen-bond acceptors (Lipinski definition) is 5. The zero-order chi connectivity index (χ0) is 21.8. The molecule has 0 spiro atoms. The van der Waals surface area contributed by atoms with Crippen molar-refractivity contribution in [3.05, 3.63) is 92.9 Å². The second-order valence-corrected chi connectivity index (χ2v) is 7.84. The molecule has 2 aromatic carbocycles. The molecular weight excluding hydrogens is 446 g/mol. The van der Waals surface area contributed by atoms with Crippen molar-refractivity contribution in [2.75, 3.05) is 5.32 Å². The van der Waals surface area contributed by atoms with Gasteiger partial charge in [-0.25, -0.2) is 18.4 Å². The highest BCUT2D eigenvalue weighted by Gasteiger charge is 2.13. The summed E-state index contributed by atoms with van der Waals surface area (Å²) in [6.45, 7) is 0.534. The highest BCUT2D eigenvalue weighted by molar-refractivity contribution is 7.12. The molecule has 6 nitrogen and oxygen atoms in total. The standard InChI is InChI=1S/C21H15ClF2N4O2S/c22-18-8-16(24)2-1-14(18)9-28-12-25-21(27-28)26-20(29)19-7-13(11-31-19)10-30-17-5-3-15(23)4-6-17/h1-8,11-12H,9-10H2,(H,26,27,29). The fourth-order valence-electron chi connectivity index (χ4n) is 2.68. The van der Waals surface area contributed by atoms with Crippen molar-refractivity contribution < 1.29 is 18.3 Å². The van der Waals surface area contributed by atoms with E-state index in [-0.39, 0.29) is 35.8 Å². The number of nitrogens with zero attached hydrogens (tertiary/aromatic N) is 3. The number of benzene rings is 2. The van der Waals surface area contributed by atoms with Crippen LogP contribution < -0.4 is 10.1 Å². The zero-order valence-electron chi connectivity index (χ0n) is 15.9. The number of anilines is 1. The van der Waals surface area contributed by atoms with Crippen LogP contribution in [0.4, 0.5) is 14.7 Å². The highest BCUT2D eigenvalue weighted by atomic mass is 35.5. The monoisotopic (exact) mass is 460 g/mol. The fourth-order valence-corrected chi connectivity index (χ4v) is 3.70. The first-order valence-electron chi connectivity index (χ1n) is 9.07. The molecule has 10 heteroatoms. The molecule has 0 aliphatic carbocycles. The van der Waals surface area contributed by atoms with Crippen LogP contribution in [0, 0.1) is 11.6 Å². The maximum absolute atomic E-state index is 13.2. The number of rotatable bonds is 7. The summed E-state index contributed by atoms with van der Waals surface area (Å²) in [5.74, 6) is -0.428. The van der Waals surface area contributed by atoms with Crippen molar-refractivity contribution in [2.45, 2.75) is 13.2 Å². The maximum Gasteiger partial charge on any atom is 0.268 e. The van der Waals surface area contributed by atoms with Gasteiger partial charge < -0.3 is 4.74 Å². The Morgan fingerprint density at radius 2 is 1.90 bits per heavy atom. The van der Waals surface area contributed by atoms with Crippen molar-refractivity contribution in [3.63, 3.8) is 0 Å². The molecule has 0 atom stereocenters. The molecule has 2 aromatic heterocycles. The minimum Gasteiger partial charge on any atom is -0.489 e. The Morgan fingerprint density at radius 3 is 2.68 bits per heavy atom. The van der Waals surface area contributed by atoms with E-state index in [1.54, 1.807) is 17.5 Å². The lowest BCUT2D eigenvalue weighted by molar-refractivity contribution is 0.102. The first-order valence-corrected chi connectivity index (χ1v) is 10.3. The molecule has 0 aliphatic rings. The van der Waals surface area contributed by atoms with Gasteiger partial charge in [-0.05, 0) is 53.4 Å². The average Bonchev–Trinajstić information content (AvgIpc) is 3.39. The zero-order valence-corrected chi connectivity index (χ0v) is 17.5. The van der Waals surface area contributed by atoms with Crippen LogP contribution in [0.3, 0.4) is 0 Å². The number of carbonyl (C=O) groups is 1. The number of halogens is 3. The summed E-state index contributed by atoms with van der Waals surface area (Å²) in [6.07, 6.45) is 1.45. The van der Waals surface area contributed by atoms with Crippen LogP contribution >= 0.6 is 22.9 Å². The van der Waals surface area contributed by atoms with Crippen molar-refractivity contribution in [2.24, 2.45) is 0 Å². The molecule has 1 N–H and O–H groups in total. The van der Waals surface area contributed by atoms with Gasteiger partial charge in [0.15, 0.2) is 0 Å². The third-order valence-electron chi connectivity index (χ3n) is 4.21. The molecule has 2 heterocycles. The topological polar surface area (TPSA) is 69.0 Å². The van der Waals surface area contributed by atoms with Gasteiger partial charge in [0.25, 0.3) is 5.91 Å². The Morgan fingerprint density at radius 1 is 1.13 bits per heavy atom. The van der Waals surface area contributed by atoms with Crippen LogP contribution in [0.2, 0.25) is 5.02 Å². The molecule has 4 rings (SSSR count). The first kappa shape index (κ1) is 21.0. The molecule has 0 fully saturated rings. The van der Waals surface area contributed by atoms with Crippen LogP contribution in [0.1, 0.15) is 20.8 Å².